The van der Waals surface area contributed by atoms with Gasteiger partial charge in [-0.25, -0.2) is 4.98 Å². The van der Waals surface area contributed by atoms with Crippen LogP contribution in [0.25, 0.3) is 23.1 Å². The fourth-order valence-electron chi connectivity index (χ4n) is 3.02. The van der Waals surface area contributed by atoms with Gasteiger partial charge in [-0.2, -0.15) is 0 Å². The zero-order chi connectivity index (χ0) is 17.8. The summed E-state index contributed by atoms with van der Waals surface area (Å²) in [6, 6.07) is 28.9. The first kappa shape index (κ1) is 16.1. The van der Waals surface area contributed by atoms with E-state index in [9.17, 15) is 0 Å². The molecule has 0 unspecified atom stereocenters. The van der Waals surface area contributed by atoms with Crippen molar-refractivity contribution in [2.45, 2.75) is 6.92 Å². The lowest BCUT2D eigenvalue weighted by molar-refractivity contribution is 1.33. The summed E-state index contributed by atoms with van der Waals surface area (Å²) in [6.07, 6.45) is 4.16. The molecule has 2 heteroatoms. The third-order valence-electron chi connectivity index (χ3n) is 4.36. The maximum absolute atomic E-state index is 4.87. The molecule has 4 rings (SSSR count). The van der Waals surface area contributed by atoms with E-state index >= 15 is 0 Å². The van der Waals surface area contributed by atoms with Crippen LogP contribution >= 0.6 is 0 Å². The number of para-hydroxylation sites is 2. The summed E-state index contributed by atoms with van der Waals surface area (Å²) in [7, 11) is 0. The molecule has 1 aromatic heterocycles. The fraction of sp³-hybridized carbons (Fsp3) is 0.0417. The molecule has 0 atom stereocenters. The number of nitrogens with one attached hydrogen (secondary N) is 1. The Hall–Kier alpha value is -3.39. The third-order valence-corrected chi connectivity index (χ3v) is 4.36. The monoisotopic (exact) mass is 336 g/mol. The quantitative estimate of drug-likeness (QED) is 0.463. The number of rotatable bonds is 4. The van der Waals surface area contributed by atoms with E-state index in [4.69, 9.17) is 4.98 Å². The van der Waals surface area contributed by atoms with Crippen molar-refractivity contribution in [1.82, 2.24) is 4.98 Å². The Morgan fingerprint density at radius 3 is 2.27 bits per heavy atom. The molecule has 0 fully saturated rings. The molecule has 2 nitrogen and oxygen atoms in total. The minimum absolute atomic E-state index is 0.939. The first-order valence-corrected chi connectivity index (χ1v) is 8.75. The van der Waals surface area contributed by atoms with Gasteiger partial charge >= 0.3 is 0 Å². The second kappa shape index (κ2) is 7.24. The molecule has 3 aromatic carbocycles. The average molecular weight is 336 g/mol. The van der Waals surface area contributed by atoms with Crippen molar-refractivity contribution >= 4 is 34.4 Å². The number of nitrogens with zero attached hydrogens (tertiary/aromatic N) is 1. The zero-order valence-corrected chi connectivity index (χ0v) is 14.7. The van der Waals surface area contributed by atoms with Gasteiger partial charge in [0.05, 0.1) is 16.9 Å². The first-order valence-electron chi connectivity index (χ1n) is 8.75. The van der Waals surface area contributed by atoms with E-state index in [2.05, 4.69) is 72.9 Å². The van der Waals surface area contributed by atoms with Gasteiger partial charge in [0.2, 0.25) is 0 Å². The number of anilines is 2. The van der Waals surface area contributed by atoms with E-state index in [1.54, 1.807) is 0 Å². The largest absolute Gasteiger partial charge is 0.355 e. The Morgan fingerprint density at radius 1 is 0.769 bits per heavy atom. The van der Waals surface area contributed by atoms with Crippen LogP contribution in [0.1, 0.15) is 16.8 Å². The molecular formula is C24H20N2. The van der Waals surface area contributed by atoms with Crippen LogP contribution < -0.4 is 5.32 Å². The van der Waals surface area contributed by atoms with Crippen LogP contribution in [0.3, 0.4) is 0 Å². The predicted octanol–water partition coefficient (Wildman–Crippen LogP) is 6.46. The molecule has 0 bridgehead atoms. The van der Waals surface area contributed by atoms with Crippen LogP contribution in [0.4, 0.5) is 11.4 Å². The lowest BCUT2D eigenvalue weighted by Crippen LogP contribution is -1.95. The van der Waals surface area contributed by atoms with Crippen LogP contribution in [0.2, 0.25) is 0 Å². The lowest BCUT2D eigenvalue weighted by Gasteiger charge is -2.12. The molecule has 0 saturated heterocycles. The number of pyridine rings is 1. The molecule has 1 N–H and O–H groups in total. The summed E-state index contributed by atoms with van der Waals surface area (Å²) >= 11 is 0. The Balaban J connectivity index is 1.79. The van der Waals surface area contributed by atoms with Crippen molar-refractivity contribution in [3.8, 4) is 0 Å². The molecule has 0 amide bonds. The van der Waals surface area contributed by atoms with E-state index in [0.717, 1.165) is 33.5 Å². The number of fused-ring (bicyclic) bond motifs is 1. The summed E-state index contributed by atoms with van der Waals surface area (Å²) in [5.74, 6) is 0. The highest BCUT2D eigenvalue weighted by Crippen LogP contribution is 2.29. The van der Waals surface area contributed by atoms with Gasteiger partial charge in [0.25, 0.3) is 0 Å². The third kappa shape index (κ3) is 3.50. The first-order chi connectivity index (χ1) is 12.8. The van der Waals surface area contributed by atoms with Crippen molar-refractivity contribution in [2.24, 2.45) is 0 Å². The summed E-state index contributed by atoms with van der Waals surface area (Å²) in [4.78, 5) is 4.87. The van der Waals surface area contributed by atoms with E-state index in [-0.39, 0.29) is 0 Å². The van der Waals surface area contributed by atoms with Gasteiger partial charge in [0.1, 0.15) is 0 Å². The standard InChI is InChI=1S/C24H20N2/c1-18-9-8-14-22-23(25-20-12-6-3-7-13-20)17-21(26-24(18)22)16-15-19-10-4-2-5-11-19/h2-17H,1H3,(H,25,26)/b16-15+. The summed E-state index contributed by atoms with van der Waals surface area (Å²) in [5, 5.41) is 4.67. The number of hydrogen-bond donors (Lipinski definition) is 1. The number of benzene rings is 3. The summed E-state index contributed by atoms with van der Waals surface area (Å²) in [5.41, 5.74) is 6.44. The fourth-order valence-corrected chi connectivity index (χ4v) is 3.02. The molecule has 4 aromatic rings. The van der Waals surface area contributed by atoms with Crippen LogP contribution in [0.5, 0.6) is 0 Å². The second-order valence-electron chi connectivity index (χ2n) is 6.30. The number of hydrogen-bond acceptors (Lipinski definition) is 2. The normalized spacial score (nSPS) is 11.1. The van der Waals surface area contributed by atoms with Crippen molar-refractivity contribution in [1.29, 1.82) is 0 Å². The van der Waals surface area contributed by atoms with Crippen LogP contribution in [-0.2, 0) is 0 Å². The van der Waals surface area contributed by atoms with Crippen molar-refractivity contribution < 1.29 is 0 Å². The van der Waals surface area contributed by atoms with Gasteiger partial charge in [-0.1, -0.05) is 72.8 Å². The lowest BCUT2D eigenvalue weighted by atomic mass is 10.1. The molecule has 0 radical (unpaired) electrons. The van der Waals surface area contributed by atoms with Gasteiger partial charge < -0.3 is 5.32 Å². The molecule has 0 saturated carbocycles. The van der Waals surface area contributed by atoms with Gasteiger partial charge in [-0.3, -0.25) is 0 Å². The van der Waals surface area contributed by atoms with Crippen LogP contribution in [0.15, 0.2) is 84.9 Å². The van der Waals surface area contributed by atoms with Crippen LogP contribution in [0, 0.1) is 6.92 Å². The molecule has 1 heterocycles. The van der Waals surface area contributed by atoms with Gasteiger partial charge in [0.15, 0.2) is 0 Å². The minimum Gasteiger partial charge on any atom is -0.355 e. The Kier molecular flexibility index (Phi) is 4.48. The summed E-state index contributed by atoms with van der Waals surface area (Å²) in [6.45, 7) is 2.10. The molecule has 0 aliphatic carbocycles. The van der Waals surface area contributed by atoms with Crippen molar-refractivity contribution in [3.05, 3.63) is 102 Å². The molecule has 0 aliphatic rings. The maximum atomic E-state index is 4.87. The topological polar surface area (TPSA) is 24.9 Å². The van der Waals surface area contributed by atoms with Gasteiger partial charge in [0, 0.05) is 11.1 Å². The zero-order valence-electron chi connectivity index (χ0n) is 14.7. The minimum atomic E-state index is 0.939. The molecule has 0 aliphatic heterocycles. The molecule has 0 spiro atoms. The van der Waals surface area contributed by atoms with E-state index in [1.165, 1.54) is 5.56 Å². The highest BCUT2D eigenvalue weighted by Gasteiger charge is 2.07. The Bertz CT molecular complexity index is 1050. The summed E-state index contributed by atoms with van der Waals surface area (Å²) < 4.78 is 0. The predicted molar refractivity (Wildman–Crippen MR) is 112 cm³/mol. The van der Waals surface area contributed by atoms with Gasteiger partial charge in [-0.15, -0.1) is 0 Å². The molecular weight excluding hydrogens is 316 g/mol. The second-order valence-corrected chi connectivity index (χ2v) is 6.30. The van der Waals surface area contributed by atoms with E-state index in [1.807, 2.05) is 36.4 Å². The van der Waals surface area contributed by atoms with E-state index in [0.29, 0.717) is 0 Å². The average Bonchev–Trinajstić information content (AvgIpc) is 2.69. The highest BCUT2D eigenvalue weighted by atomic mass is 14.9. The highest BCUT2D eigenvalue weighted by molar-refractivity contribution is 5.96. The van der Waals surface area contributed by atoms with Crippen molar-refractivity contribution in [3.63, 3.8) is 0 Å². The maximum Gasteiger partial charge on any atom is 0.0759 e. The smallest absolute Gasteiger partial charge is 0.0759 e. The van der Waals surface area contributed by atoms with Gasteiger partial charge in [-0.05, 0) is 42.3 Å². The number of aryl methyl sites for hydroxylation is 1. The Morgan fingerprint density at radius 2 is 1.50 bits per heavy atom. The molecule has 126 valence electrons. The van der Waals surface area contributed by atoms with E-state index < -0.39 is 0 Å². The SMILES string of the molecule is Cc1cccc2c(Nc3ccccc3)cc(/C=C/c3ccccc3)nc12. The Labute approximate surface area is 153 Å². The number of aromatic nitrogens is 1. The van der Waals surface area contributed by atoms with Crippen LogP contribution in [-0.4, -0.2) is 4.98 Å². The van der Waals surface area contributed by atoms with Crippen molar-refractivity contribution in [2.75, 3.05) is 5.32 Å². The molecule has 26 heavy (non-hydrogen) atoms.